The molecule has 1 aromatic rings. The minimum atomic E-state index is 0.619. The van der Waals surface area contributed by atoms with Crippen LogP contribution in [0.5, 0.6) is 0 Å². The molecule has 3 heteroatoms. The molecule has 2 N–H and O–H groups in total. The number of hydrogen-bond donors (Lipinski definition) is 2. The smallest absolute Gasteiger partial charge is 0.0391 e. The average Bonchev–Trinajstić information content (AvgIpc) is 2.39. The van der Waals surface area contributed by atoms with Crippen molar-refractivity contribution in [2.75, 3.05) is 38.0 Å². The first-order valence-corrected chi connectivity index (χ1v) is 6.64. The van der Waals surface area contributed by atoms with Crippen molar-refractivity contribution < 1.29 is 0 Å². The summed E-state index contributed by atoms with van der Waals surface area (Å²) in [5, 5.41) is 6.96. The maximum atomic E-state index is 3.53. The Kier molecular flexibility index (Phi) is 3.04. The molecule has 0 aliphatic carbocycles. The van der Waals surface area contributed by atoms with E-state index in [0.717, 1.165) is 19.6 Å². The van der Waals surface area contributed by atoms with Gasteiger partial charge in [-0.1, -0.05) is 12.1 Å². The van der Waals surface area contributed by atoms with Crippen LogP contribution in [0.25, 0.3) is 0 Å². The zero-order chi connectivity index (χ0) is 11.7. The molecule has 3 rings (SSSR count). The fourth-order valence-corrected chi connectivity index (χ4v) is 2.99. The standard InChI is InChI=1S/C14H21N3/c1-11-2-3-12-13(10-11)16-5-4-14(12)17-8-6-15-7-9-17/h2-3,10,14-16H,4-9H2,1H3. The van der Waals surface area contributed by atoms with Crippen LogP contribution in [0, 0.1) is 6.92 Å². The molecule has 0 spiro atoms. The fourth-order valence-electron chi connectivity index (χ4n) is 2.99. The van der Waals surface area contributed by atoms with Gasteiger partial charge in [-0.05, 0) is 30.5 Å². The lowest BCUT2D eigenvalue weighted by Gasteiger charge is -2.38. The van der Waals surface area contributed by atoms with Gasteiger partial charge < -0.3 is 10.6 Å². The summed E-state index contributed by atoms with van der Waals surface area (Å²) in [5.74, 6) is 0. The Balaban J connectivity index is 1.88. The predicted octanol–water partition coefficient (Wildman–Crippen LogP) is 1.76. The molecule has 0 amide bonds. The van der Waals surface area contributed by atoms with E-state index in [0.29, 0.717) is 6.04 Å². The number of nitrogens with zero attached hydrogens (tertiary/aromatic N) is 1. The summed E-state index contributed by atoms with van der Waals surface area (Å²) >= 11 is 0. The van der Waals surface area contributed by atoms with Crippen molar-refractivity contribution in [2.45, 2.75) is 19.4 Å². The van der Waals surface area contributed by atoms with Gasteiger partial charge in [0.2, 0.25) is 0 Å². The lowest BCUT2D eigenvalue weighted by atomic mass is 9.95. The Morgan fingerprint density at radius 1 is 1.18 bits per heavy atom. The maximum Gasteiger partial charge on any atom is 0.0391 e. The van der Waals surface area contributed by atoms with E-state index in [-0.39, 0.29) is 0 Å². The summed E-state index contributed by atoms with van der Waals surface area (Å²) in [6, 6.07) is 7.45. The van der Waals surface area contributed by atoms with Gasteiger partial charge in [0.05, 0.1) is 0 Å². The van der Waals surface area contributed by atoms with E-state index in [2.05, 4.69) is 40.7 Å². The molecule has 2 aliphatic heterocycles. The Hall–Kier alpha value is -1.06. The van der Waals surface area contributed by atoms with Gasteiger partial charge in [0.25, 0.3) is 0 Å². The number of piperazine rings is 1. The van der Waals surface area contributed by atoms with Gasteiger partial charge in [0.1, 0.15) is 0 Å². The van der Waals surface area contributed by atoms with Gasteiger partial charge in [-0.3, -0.25) is 4.90 Å². The Morgan fingerprint density at radius 2 is 2.00 bits per heavy atom. The minimum Gasteiger partial charge on any atom is -0.385 e. The molecular weight excluding hydrogens is 210 g/mol. The van der Waals surface area contributed by atoms with Crippen LogP contribution in [0.15, 0.2) is 18.2 Å². The molecule has 2 heterocycles. The van der Waals surface area contributed by atoms with Crippen molar-refractivity contribution in [1.82, 2.24) is 10.2 Å². The van der Waals surface area contributed by atoms with Crippen molar-refractivity contribution in [3.05, 3.63) is 29.3 Å². The zero-order valence-electron chi connectivity index (χ0n) is 10.5. The first-order chi connectivity index (χ1) is 8.34. The van der Waals surface area contributed by atoms with Crippen LogP contribution in [0.4, 0.5) is 5.69 Å². The van der Waals surface area contributed by atoms with Gasteiger partial charge in [-0.25, -0.2) is 0 Å². The van der Waals surface area contributed by atoms with Gasteiger partial charge in [-0.2, -0.15) is 0 Å². The van der Waals surface area contributed by atoms with Crippen LogP contribution in [0.2, 0.25) is 0 Å². The normalized spacial score (nSPS) is 25.1. The van der Waals surface area contributed by atoms with Crippen LogP contribution in [-0.4, -0.2) is 37.6 Å². The third kappa shape index (κ3) is 2.17. The molecule has 0 aromatic heterocycles. The summed E-state index contributed by atoms with van der Waals surface area (Å²) in [4.78, 5) is 2.63. The van der Waals surface area contributed by atoms with E-state index in [4.69, 9.17) is 0 Å². The van der Waals surface area contributed by atoms with E-state index in [1.165, 1.54) is 36.3 Å². The Bertz CT molecular complexity index is 396. The third-order valence-electron chi connectivity index (χ3n) is 3.89. The summed E-state index contributed by atoms with van der Waals surface area (Å²) in [6.45, 7) is 7.88. The van der Waals surface area contributed by atoms with Crippen molar-refractivity contribution >= 4 is 5.69 Å². The summed E-state index contributed by atoms with van der Waals surface area (Å²) in [6.07, 6.45) is 1.23. The highest BCUT2D eigenvalue weighted by atomic mass is 15.2. The first-order valence-electron chi connectivity index (χ1n) is 6.64. The Morgan fingerprint density at radius 3 is 2.82 bits per heavy atom. The minimum absolute atomic E-state index is 0.619. The highest BCUT2D eigenvalue weighted by molar-refractivity contribution is 5.56. The number of benzene rings is 1. The van der Waals surface area contributed by atoms with Crippen LogP contribution in [-0.2, 0) is 0 Å². The largest absolute Gasteiger partial charge is 0.385 e. The van der Waals surface area contributed by atoms with Crippen molar-refractivity contribution in [3.8, 4) is 0 Å². The van der Waals surface area contributed by atoms with Gasteiger partial charge in [0.15, 0.2) is 0 Å². The molecule has 1 atom stereocenters. The first kappa shape index (κ1) is 11.1. The highest BCUT2D eigenvalue weighted by Gasteiger charge is 2.26. The van der Waals surface area contributed by atoms with E-state index >= 15 is 0 Å². The third-order valence-corrected chi connectivity index (χ3v) is 3.89. The predicted molar refractivity (Wildman–Crippen MR) is 71.5 cm³/mol. The van der Waals surface area contributed by atoms with Crippen molar-refractivity contribution in [1.29, 1.82) is 0 Å². The number of nitrogens with one attached hydrogen (secondary N) is 2. The second-order valence-corrected chi connectivity index (χ2v) is 5.11. The van der Waals surface area contributed by atoms with Crippen molar-refractivity contribution in [3.63, 3.8) is 0 Å². The molecule has 1 aromatic carbocycles. The summed E-state index contributed by atoms with van der Waals surface area (Å²) in [5.41, 5.74) is 4.18. The van der Waals surface area contributed by atoms with Gasteiger partial charge >= 0.3 is 0 Å². The number of anilines is 1. The van der Waals surface area contributed by atoms with Crippen LogP contribution in [0.3, 0.4) is 0 Å². The van der Waals surface area contributed by atoms with Crippen LogP contribution in [0.1, 0.15) is 23.6 Å². The molecule has 1 saturated heterocycles. The monoisotopic (exact) mass is 231 g/mol. The number of aryl methyl sites for hydroxylation is 1. The molecule has 92 valence electrons. The summed E-state index contributed by atoms with van der Waals surface area (Å²) < 4.78 is 0. The van der Waals surface area contributed by atoms with Crippen molar-refractivity contribution in [2.24, 2.45) is 0 Å². The molecule has 0 bridgehead atoms. The zero-order valence-corrected chi connectivity index (χ0v) is 10.5. The SMILES string of the molecule is Cc1ccc2c(c1)NCCC2N1CCNCC1. The van der Waals surface area contributed by atoms with E-state index in [9.17, 15) is 0 Å². The number of hydrogen-bond acceptors (Lipinski definition) is 3. The molecule has 2 aliphatic rings. The fraction of sp³-hybridized carbons (Fsp3) is 0.571. The highest BCUT2D eigenvalue weighted by Crippen LogP contribution is 2.34. The lowest BCUT2D eigenvalue weighted by Crippen LogP contribution is -2.46. The second-order valence-electron chi connectivity index (χ2n) is 5.11. The molecule has 1 unspecified atom stereocenters. The topological polar surface area (TPSA) is 27.3 Å². The average molecular weight is 231 g/mol. The van der Waals surface area contributed by atoms with Gasteiger partial charge in [0, 0.05) is 44.5 Å². The molecule has 17 heavy (non-hydrogen) atoms. The Labute approximate surface area is 103 Å². The van der Waals surface area contributed by atoms with Gasteiger partial charge in [-0.15, -0.1) is 0 Å². The number of fused-ring (bicyclic) bond motifs is 1. The maximum absolute atomic E-state index is 3.53. The van der Waals surface area contributed by atoms with Crippen LogP contribution >= 0.6 is 0 Å². The summed E-state index contributed by atoms with van der Waals surface area (Å²) in [7, 11) is 0. The second kappa shape index (κ2) is 4.67. The molecule has 0 saturated carbocycles. The van der Waals surface area contributed by atoms with E-state index in [1.54, 1.807) is 0 Å². The quantitative estimate of drug-likeness (QED) is 0.771. The molecular formula is C14H21N3. The van der Waals surface area contributed by atoms with Crippen LogP contribution < -0.4 is 10.6 Å². The molecule has 3 nitrogen and oxygen atoms in total. The number of rotatable bonds is 1. The molecule has 0 radical (unpaired) electrons. The van der Waals surface area contributed by atoms with E-state index < -0.39 is 0 Å². The van der Waals surface area contributed by atoms with E-state index in [1.807, 2.05) is 0 Å². The molecule has 1 fully saturated rings. The lowest BCUT2D eigenvalue weighted by molar-refractivity contribution is 0.166.